The van der Waals surface area contributed by atoms with Gasteiger partial charge in [-0.15, -0.1) is 0 Å². The number of imidazole rings is 1. The first-order valence-corrected chi connectivity index (χ1v) is 4.83. The lowest BCUT2D eigenvalue weighted by Crippen LogP contribution is -1.80. The summed E-state index contributed by atoms with van der Waals surface area (Å²) in [5.74, 6) is 1.45. The molecule has 2 N–H and O–H groups in total. The number of rotatable bonds is 1. The maximum atomic E-state index is 9.34. The van der Waals surface area contributed by atoms with Gasteiger partial charge in [0.05, 0.1) is 16.7 Å². The van der Waals surface area contributed by atoms with Crippen molar-refractivity contribution in [3.8, 4) is 17.3 Å². The maximum Gasteiger partial charge on any atom is 0.192 e. The van der Waals surface area contributed by atoms with Crippen molar-refractivity contribution in [1.82, 2.24) is 15.0 Å². The van der Waals surface area contributed by atoms with Crippen LogP contribution in [-0.2, 0) is 0 Å². The lowest BCUT2D eigenvalue weighted by atomic mass is 10.3. The fourth-order valence-corrected chi connectivity index (χ4v) is 1.63. The molecule has 80 valence electrons. The number of hydrogen-bond donors (Lipinski definition) is 2. The standard InChI is InChI=1S/C11H9N3O2/c1-6-10(16-5-12-6)11-13-8-3-2-7(15)4-9(8)14-11/h2-5,15H,1H3,(H,13,14). The maximum absolute atomic E-state index is 9.34. The molecule has 0 saturated carbocycles. The van der Waals surface area contributed by atoms with Gasteiger partial charge in [0.1, 0.15) is 5.75 Å². The average Bonchev–Trinajstić information content (AvgIpc) is 2.82. The third-order valence-corrected chi connectivity index (χ3v) is 2.43. The van der Waals surface area contributed by atoms with Gasteiger partial charge in [-0.05, 0) is 19.1 Å². The molecule has 5 heteroatoms. The van der Waals surface area contributed by atoms with Crippen LogP contribution in [0.2, 0.25) is 0 Å². The van der Waals surface area contributed by atoms with E-state index in [1.807, 2.05) is 6.92 Å². The molecule has 0 fully saturated rings. The van der Waals surface area contributed by atoms with Gasteiger partial charge in [0.2, 0.25) is 0 Å². The van der Waals surface area contributed by atoms with E-state index in [-0.39, 0.29) is 5.75 Å². The second-order valence-corrected chi connectivity index (χ2v) is 3.55. The third kappa shape index (κ3) is 1.25. The molecule has 3 aromatic rings. The highest BCUT2D eigenvalue weighted by Gasteiger charge is 2.11. The Labute approximate surface area is 90.8 Å². The minimum atomic E-state index is 0.206. The van der Waals surface area contributed by atoms with Crippen molar-refractivity contribution in [1.29, 1.82) is 0 Å². The van der Waals surface area contributed by atoms with E-state index in [0.717, 1.165) is 16.7 Å². The van der Waals surface area contributed by atoms with Gasteiger partial charge in [0, 0.05) is 6.07 Å². The summed E-state index contributed by atoms with van der Waals surface area (Å²) in [7, 11) is 0. The van der Waals surface area contributed by atoms with Crippen LogP contribution < -0.4 is 0 Å². The first kappa shape index (κ1) is 8.96. The number of aromatic amines is 1. The molecule has 3 rings (SSSR count). The van der Waals surface area contributed by atoms with E-state index in [0.29, 0.717) is 11.6 Å². The molecule has 0 unspecified atom stereocenters. The summed E-state index contributed by atoms with van der Waals surface area (Å²) < 4.78 is 5.24. The summed E-state index contributed by atoms with van der Waals surface area (Å²) in [4.78, 5) is 11.4. The van der Waals surface area contributed by atoms with Crippen LogP contribution in [0.15, 0.2) is 29.0 Å². The van der Waals surface area contributed by atoms with Gasteiger partial charge in [0.15, 0.2) is 18.0 Å². The van der Waals surface area contributed by atoms with Crippen LogP contribution in [0.1, 0.15) is 5.69 Å². The minimum absolute atomic E-state index is 0.206. The second kappa shape index (κ2) is 3.10. The Kier molecular flexibility index (Phi) is 1.73. The van der Waals surface area contributed by atoms with E-state index in [1.54, 1.807) is 18.2 Å². The van der Waals surface area contributed by atoms with E-state index in [4.69, 9.17) is 4.42 Å². The number of fused-ring (bicyclic) bond motifs is 1. The third-order valence-electron chi connectivity index (χ3n) is 2.43. The summed E-state index contributed by atoms with van der Waals surface area (Å²) in [5.41, 5.74) is 2.33. The molecule has 0 aliphatic rings. The second-order valence-electron chi connectivity index (χ2n) is 3.55. The number of oxazole rings is 1. The number of hydrogen-bond acceptors (Lipinski definition) is 4. The normalized spacial score (nSPS) is 11.1. The number of phenols is 1. The minimum Gasteiger partial charge on any atom is -0.508 e. The van der Waals surface area contributed by atoms with Gasteiger partial charge in [0.25, 0.3) is 0 Å². The van der Waals surface area contributed by atoms with Crippen molar-refractivity contribution in [3.05, 3.63) is 30.3 Å². The highest BCUT2D eigenvalue weighted by Crippen LogP contribution is 2.24. The topological polar surface area (TPSA) is 74.9 Å². The van der Waals surface area contributed by atoms with Gasteiger partial charge < -0.3 is 14.5 Å². The van der Waals surface area contributed by atoms with E-state index in [9.17, 15) is 5.11 Å². The van der Waals surface area contributed by atoms with Gasteiger partial charge in [-0.3, -0.25) is 0 Å². The van der Waals surface area contributed by atoms with Crippen molar-refractivity contribution in [2.45, 2.75) is 6.92 Å². The molecule has 5 nitrogen and oxygen atoms in total. The predicted molar refractivity (Wildman–Crippen MR) is 58.0 cm³/mol. The quantitative estimate of drug-likeness (QED) is 0.652. The number of aryl methyl sites for hydroxylation is 1. The molecule has 0 aliphatic carbocycles. The van der Waals surface area contributed by atoms with Gasteiger partial charge in [-0.25, -0.2) is 9.97 Å². The molecule has 0 saturated heterocycles. The molecule has 0 spiro atoms. The lowest BCUT2D eigenvalue weighted by Gasteiger charge is -1.89. The Bertz CT molecular complexity index is 654. The van der Waals surface area contributed by atoms with Crippen molar-refractivity contribution in [2.75, 3.05) is 0 Å². The summed E-state index contributed by atoms with van der Waals surface area (Å²) in [5, 5.41) is 9.34. The summed E-state index contributed by atoms with van der Waals surface area (Å²) in [6, 6.07) is 4.97. The molecule has 2 heterocycles. The lowest BCUT2D eigenvalue weighted by molar-refractivity contribution is 0.476. The first-order chi connectivity index (χ1) is 7.74. The van der Waals surface area contributed by atoms with Crippen LogP contribution >= 0.6 is 0 Å². The van der Waals surface area contributed by atoms with Gasteiger partial charge in [-0.1, -0.05) is 0 Å². The smallest absolute Gasteiger partial charge is 0.192 e. The van der Waals surface area contributed by atoms with Gasteiger partial charge in [-0.2, -0.15) is 0 Å². The molecular weight excluding hydrogens is 206 g/mol. The first-order valence-electron chi connectivity index (χ1n) is 4.83. The fraction of sp³-hybridized carbons (Fsp3) is 0.0909. The van der Waals surface area contributed by atoms with Crippen molar-refractivity contribution in [2.24, 2.45) is 0 Å². The highest BCUT2D eigenvalue weighted by atomic mass is 16.3. The zero-order chi connectivity index (χ0) is 11.1. The van der Waals surface area contributed by atoms with Crippen LogP contribution in [-0.4, -0.2) is 20.1 Å². The SMILES string of the molecule is Cc1ncoc1-c1nc2ccc(O)cc2[nH]1. The summed E-state index contributed by atoms with van der Waals surface area (Å²) >= 11 is 0. The number of aromatic hydroxyl groups is 1. The molecule has 0 radical (unpaired) electrons. The molecule has 0 aliphatic heterocycles. The summed E-state index contributed by atoms with van der Waals surface area (Å²) in [6.45, 7) is 1.85. The van der Waals surface area contributed by atoms with Crippen molar-refractivity contribution < 1.29 is 9.52 Å². The van der Waals surface area contributed by atoms with Crippen LogP contribution in [0.25, 0.3) is 22.6 Å². The number of nitrogens with one attached hydrogen (secondary N) is 1. The zero-order valence-corrected chi connectivity index (χ0v) is 8.56. The Morgan fingerprint density at radius 1 is 1.38 bits per heavy atom. The molecule has 1 aromatic carbocycles. The highest BCUT2D eigenvalue weighted by molar-refractivity contribution is 5.80. The molecule has 0 atom stereocenters. The fourth-order valence-electron chi connectivity index (χ4n) is 1.63. The van der Waals surface area contributed by atoms with E-state index < -0.39 is 0 Å². The monoisotopic (exact) mass is 215 g/mol. The number of benzene rings is 1. The zero-order valence-electron chi connectivity index (χ0n) is 8.56. The van der Waals surface area contributed by atoms with Crippen LogP contribution in [0.5, 0.6) is 5.75 Å². The van der Waals surface area contributed by atoms with Gasteiger partial charge >= 0.3 is 0 Å². The Morgan fingerprint density at radius 2 is 2.25 bits per heavy atom. The van der Waals surface area contributed by atoms with Crippen molar-refractivity contribution >= 4 is 11.0 Å². The van der Waals surface area contributed by atoms with Crippen LogP contribution in [0.3, 0.4) is 0 Å². The van der Waals surface area contributed by atoms with Crippen molar-refractivity contribution in [3.63, 3.8) is 0 Å². The van der Waals surface area contributed by atoms with E-state index in [2.05, 4.69) is 15.0 Å². The van der Waals surface area contributed by atoms with E-state index in [1.165, 1.54) is 6.39 Å². The van der Waals surface area contributed by atoms with E-state index >= 15 is 0 Å². The largest absolute Gasteiger partial charge is 0.508 e. The number of aromatic nitrogens is 3. The molecule has 16 heavy (non-hydrogen) atoms. The number of H-pyrrole nitrogens is 1. The van der Waals surface area contributed by atoms with Crippen LogP contribution in [0, 0.1) is 6.92 Å². The molecular formula is C11H9N3O2. The number of phenolic OH excluding ortho intramolecular Hbond substituents is 1. The Balaban J connectivity index is 2.23. The predicted octanol–water partition coefficient (Wildman–Crippen LogP) is 2.23. The molecule has 0 amide bonds. The average molecular weight is 215 g/mol. The Morgan fingerprint density at radius 3 is 3.00 bits per heavy atom. The molecule has 0 bridgehead atoms. The van der Waals surface area contributed by atoms with Crippen LogP contribution in [0.4, 0.5) is 0 Å². The Hall–Kier alpha value is -2.30. The molecule has 2 aromatic heterocycles. The summed E-state index contributed by atoms with van der Waals surface area (Å²) in [6.07, 6.45) is 1.38. The number of nitrogens with zero attached hydrogens (tertiary/aromatic N) is 2.